The van der Waals surface area contributed by atoms with Gasteiger partial charge in [0.15, 0.2) is 0 Å². The molecule has 0 aliphatic carbocycles. The van der Waals surface area contributed by atoms with E-state index in [-0.39, 0.29) is 27.8 Å². The second-order valence-corrected chi connectivity index (χ2v) is 2.92. The summed E-state index contributed by atoms with van der Waals surface area (Å²) < 4.78 is 0. The first-order valence-corrected chi connectivity index (χ1v) is 4.39. The molecule has 0 bridgehead atoms. The molecule has 0 aliphatic heterocycles. The zero-order valence-corrected chi connectivity index (χ0v) is 9.10. The third-order valence-corrected chi connectivity index (χ3v) is 2.03. The molecule has 1 nitrogen and oxygen atoms in total. The second-order valence-electron chi connectivity index (χ2n) is 2.00. The molecular weight excluding hydrogens is 341 g/mol. The van der Waals surface area contributed by atoms with Crippen molar-refractivity contribution < 1.29 is 27.5 Å². The van der Waals surface area contributed by atoms with E-state index < -0.39 is 0 Å². The number of hydrogen-bond acceptors (Lipinski definition) is 2. The van der Waals surface area contributed by atoms with Gasteiger partial charge >= 0.3 is 0 Å². The van der Waals surface area contributed by atoms with Gasteiger partial charge in [0.25, 0.3) is 0 Å². The Morgan fingerprint density at radius 1 is 1.27 bits per heavy atom. The van der Waals surface area contributed by atoms with Gasteiger partial charge in [-0.2, -0.15) is 0 Å². The van der Waals surface area contributed by atoms with E-state index in [0.717, 1.165) is 5.56 Å². The van der Waals surface area contributed by atoms with Gasteiger partial charge in [-0.05, 0) is 11.8 Å². The van der Waals surface area contributed by atoms with Crippen LogP contribution >= 0.6 is 11.8 Å². The van der Waals surface area contributed by atoms with Gasteiger partial charge in [-0.15, -0.1) is 11.8 Å². The topological polar surface area (TPSA) is 20.2 Å². The largest absolute Gasteiger partial charge is 0.378 e. The summed E-state index contributed by atoms with van der Waals surface area (Å²) in [5.74, 6) is 0. The zero-order chi connectivity index (χ0) is 7.40. The second kappa shape index (κ2) is 5.86. The van der Waals surface area contributed by atoms with Gasteiger partial charge in [0.05, 0.1) is 0 Å². The molecule has 0 saturated carbocycles. The molecule has 0 spiro atoms. The smallest absolute Gasteiger partial charge is 0.124 e. The Balaban J connectivity index is 0.000001000. The van der Waals surface area contributed by atoms with E-state index in [1.807, 2.05) is 36.6 Å². The Morgan fingerprint density at radius 3 is 2.27 bits per heavy atom. The van der Waals surface area contributed by atoms with Crippen LogP contribution in [-0.2, 0) is 22.4 Å². The van der Waals surface area contributed by atoms with Gasteiger partial charge in [0.2, 0.25) is 0 Å². The van der Waals surface area contributed by atoms with Crippen molar-refractivity contribution in [2.45, 2.75) is 5.44 Å². The molecule has 1 N–H and O–H groups in total. The van der Waals surface area contributed by atoms with Gasteiger partial charge in [0.1, 0.15) is 5.44 Å². The number of aliphatic hydroxyl groups is 1. The van der Waals surface area contributed by atoms with Crippen molar-refractivity contribution in [3.63, 3.8) is 0 Å². The van der Waals surface area contributed by atoms with Crippen LogP contribution in [0, 0.1) is 0 Å². The maximum atomic E-state index is 9.29. The summed E-state index contributed by atoms with van der Waals surface area (Å²) in [7, 11) is 0. The van der Waals surface area contributed by atoms with Crippen LogP contribution in [0.5, 0.6) is 0 Å². The van der Waals surface area contributed by atoms with Gasteiger partial charge in [0, 0.05) is 22.4 Å². The molecule has 0 aliphatic rings. The summed E-state index contributed by atoms with van der Waals surface area (Å²) in [6.45, 7) is 0. The van der Waals surface area contributed by atoms with E-state index >= 15 is 0 Å². The molecular formula is C8H10AuOS. The predicted octanol–water partition coefficient (Wildman–Crippen LogP) is 2.04. The van der Waals surface area contributed by atoms with Crippen molar-refractivity contribution in [3.8, 4) is 0 Å². The fraction of sp³-hybridized carbons (Fsp3) is 0.250. The Morgan fingerprint density at radius 2 is 1.82 bits per heavy atom. The minimum absolute atomic E-state index is 0. The fourth-order valence-electron chi connectivity index (χ4n) is 0.754. The van der Waals surface area contributed by atoms with Crippen molar-refractivity contribution in [1.29, 1.82) is 0 Å². The Bertz CT molecular complexity index is 191. The fourth-order valence-corrected chi connectivity index (χ4v) is 1.18. The molecule has 0 aromatic heterocycles. The van der Waals surface area contributed by atoms with Crippen LogP contribution in [0.3, 0.4) is 0 Å². The first-order chi connectivity index (χ1) is 4.84. The van der Waals surface area contributed by atoms with E-state index in [1.165, 1.54) is 11.8 Å². The van der Waals surface area contributed by atoms with Gasteiger partial charge in [-0.1, -0.05) is 30.3 Å². The first kappa shape index (κ1) is 11.3. The van der Waals surface area contributed by atoms with Crippen molar-refractivity contribution in [2.24, 2.45) is 0 Å². The average molecular weight is 351 g/mol. The Hall–Kier alpha value is 0.270. The Kier molecular flexibility index (Phi) is 6.01. The van der Waals surface area contributed by atoms with E-state index in [0.29, 0.717) is 0 Å². The van der Waals surface area contributed by atoms with Crippen LogP contribution in [0.1, 0.15) is 11.0 Å². The normalized spacial score (nSPS) is 11.8. The van der Waals surface area contributed by atoms with Gasteiger partial charge in [-0.3, -0.25) is 0 Å². The number of aliphatic hydroxyl groups excluding tert-OH is 1. The molecule has 11 heavy (non-hydrogen) atoms. The maximum Gasteiger partial charge on any atom is 0.124 e. The third kappa shape index (κ3) is 3.45. The van der Waals surface area contributed by atoms with Crippen LogP contribution in [0.25, 0.3) is 0 Å². The molecule has 1 radical (unpaired) electrons. The first-order valence-electron chi connectivity index (χ1n) is 3.10. The number of rotatable bonds is 2. The molecule has 1 aromatic carbocycles. The standard InChI is InChI=1S/C8H10OS.Au/c1-10-8(9)7-5-3-2-4-6-7;/h2-6,8-9H,1H3;. The zero-order valence-electron chi connectivity index (χ0n) is 6.12. The van der Waals surface area contributed by atoms with Gasteiger partial charge < -0.3 is 5.11 Å². The summed E-state index contributed by atoms with van der Waals surface area (Å²) in [4.78, 5) is 0. The summed E-state index contributed by atoms with van der Waals surface area (Å²) in [5, 5.41) is 9.29. The van der Waals surface area contributed by atoms with E-state index in [9.17, 15) is 5.11 Å². The average Bonchev–Trinajstić information content (AvgIpc) is 2.05. The molecule has 3 heteroatoms. The molecule has 0 saturated heterocycles. The summed E-state index contributed by atoms with van der Waals surface area (Å²) in [5.41, 5.74) is 0.594. The van der Waals surface area contributed by atoms with Gasteiger partial charge in [-0.25, -0.2) is 0 Å². The summed E-state index contributed by atoms with van der Waals surface area (Å²) in [6, 6.07) is 9.63. The molecule has 1 aromatic rings. The maximum absolute atomic E-state index is 9.29. The van der Waals surface area contributed by atoms with Crippen LogP contribution in [-0.4, -0.2) is 11.4 Å². The van der Waals surface area contributed by atoms with E-state index in [1.54, 1.807) is 0 Å². The molecule has 0 amide bonds. The predicted molar refractivity (Wildman–Crippen MR) is 44.9 cm³/mol. The van der Waals surface area contributed by atoms with Crippen molar-refractivity contribution >= 4 is 11.8 Å². The summed E-state index contributed by atoms with van der Waals surface area (Å²) >= 11 is 1.43. The van der Waals surface area contributed by atoms with Crippen LogP contribution in [0.2, 0.25) is 0 Å². The SMILES string of the molecule is CSC(O)c1ccccc1.[Au]. The molecule has 65 valence electrons. The third-order valence-electron chi connectivity index (χ3n) is 1.31. The number of benzene rings is 1. The quantitative estimate of drug-likeness (QED) is 0.650. The molecule has 1 rings (SSSR count). The monoisotopic (exact) mass is 351 g/mol. The molecule has 0 heterocycles. The number of hydrogen-bond donors (Lipinski definition) is 1. The molecule has 1 atom stereocenters. The minimum atomic E-state index is -0.374. The minimum Gasteiger partial charge on any atom is -0.378 e. The number of thioether (sulfide) groups is 1. The van der Waals surface area contributed by atoms with E-state index in [2.05, 4.69) is 0 Å². The van der Waals surface area contributed by atoms with Crippen molar-refractivity contribution in [1.82, 2.24) is 0 Å². The molecule has 1 unspecified atom stereocenters. The van der Waals surface area contributed by atoms with E-state index in [4.69, 9.17) is 0 Å². The van der Waals surface area contributed by atoms with Crippen molar-refractivity contribution in [2.75, 3.05) is 6.26 Å². The molecule has 0 fully saturated rings. The van der Waals surface area contributed by atoms with Crippen LogP contribution < -0.4 is 0 Å². The van der Waals surface area contributed by atoms with Crippen molar-refractivity contribution in [3.05, 3.63) is 35.9 Å². The Labute approximate surface area is 86.7 Å². The van der Waals surface area contributed by atoms with Crippen LogP contribution in [0.4, 0.5) is 0 Å². The van der Waals surface area contributed by atoms with Crippen LogP contribution in [0.15, 0.2) is 30.3 Å². The summed E-state index contributed by atoms with van der Waals surface area (Å²) in [6.07, 6.45) is 1.89.